The lowest BCUT2D eigenvalue weighted by atomic mass is 10.0. The van der Waals surface area contributed by atoms with E-state index >= 15 is 0 Å². The van der Waals surface area contributed by atoms with E-state index in [9.17, 15) is 14.7 Å². The summed E-state index contributed by atoms with van der Waals surface area (Å²) < 4.78 is 7.06. The Morgan fingerprint density at radius 2 is 2.06 bits per heavy atom. The van der Waals surface area contributed by atoms with Gasteiger partial charge in [-0.3, -0.25) is 14.6 Å². The van der Waals surface area contributed by atoms with Crippen molar-refractivity contribution >= 4 is 17.5 Å². The molecule has 2 rings (SSSR count). The van der Waals surface area contributed by atoms with E-state index < -0.39 is 0 Å². The zero-order valence-electron chi connectivity index (χ0n) is 18.8. The monoisotopic (exact) mass is 443 g/mol. The highest BCUT2D eigenvalue weighted by Gasteiger charge is 2.14. The summed E-state index contributed by atoms with van der Waals surface area (Å²) >= 11 is 0. The SMILES string of the molecule is CN=C(N)NC(CCCC(=O)CC(=O)CCc1ccc(O)c(OC)c1)CCn1ccnc1. The molecule has 0 saturated carbocycles. The van der Waals surface area contributed by atoms with Gasteiger partial charge in [-0.25, -0.2) is 4.98 Å². The summed E-state index contributed by atoms with van der Waals surface area (Å²) in [4.78, 5) is 32.5. The summed E-state index contributed by atoms with van der Waals surface area (Å²) in [5, 5.41) is 12.8. The minimum Gasteiger partial charge on any atom is -0.504 e. The molecule has 2 aromatic rings. The van der Waals surface area contributed by atoms with Crippen LogP contribution in [0.1, 0.15) is 44.1 Å². The Kier molecular flexibility index (Phi) is 10.2. The number of Topliss-reactive ketones (excluding diaryl/α,β-unsaturated/α-hetero) is 2. The van der Waals surface area contributed by atoms with E-state index in [1.165, 1.54) is 13.2 Å². The Morgan fingerprint density at radius 1 is 1.28 bits per heavy atom. The summed E-state index contributed by atoms with van der Waals surface area (Å²) in [6.07, 6.45) is 8.70. The van der Waals surface area contributed by atoms with Crippen LogP contribution in [0.15, 0.2) is 41.9 Å². The molecule has 0 aliphatic carbocycles. The number of hydrogen-bond acceptors (Lipinski definition) is 6. The van der Waals surface area contributed by atoms with Crippen LogP contribution in [0.2, 0.25) is 0 Å². The first-order chi connectivity index (χ1) is 15.4. The van der Waals surface area contributed by atoms with E-state index in [0.29, 0.717) is 31.0 Å². The van der Waals surface area contributed by atoms with E-state index in [0.717, 1.165) is 24.9 Å². The number of ketones is 2. The summed E-state index contributed by atoms with van der Waals surface area (Å²) in [6, 6.07) is 5.06. The summed E-state index contributed by atoms with van der Waals surface area (Å²) in [5.41, 5.74) is 6.69. The average Bonchev–Trinajstić information content (AvgIpc) is 3.30. The molecule has 1 heterocycles. The number of phenolic OH excluding ortho intramolecular Hbond substituents is 1. The molecule has 0 spiro atoms. The number of aliphatic imine (C=N–C) groups is 1. The van der Waals surface area contributed by atoms with Crippen molar-refractivity contribution in [2.45, 2.75) is 57.5 Å². The van der Waals surface area contributed by atoms with E-state index in [4.69, 9.17) is 10.5 Å². The zero-order chi connectivity index (χ0) is 23.3. The Hall–Kier alpha value is -3.36. The normalized spacial score (nSPS) is 12.4. The largest absolute Gasteiger partial charge is 0.504 e. The number of methoxy groups -OCH3 is 1. The first-order valence-corrected chi connectivity index (χ1v) is 10.7. The van der Waals surface area contributed by atoms with E-state index in [1.807, 2.05) is 10.8 Å². The number of aromatic hydroxyl groups is 1. The number of imidazole rings is 1. The number of nitrogens with two attached hydrogens (primary N) is 1. The molecule has 0 aliphatic rings. The van der Waals surface area contributed by atoms with Crippen LogP contribution in [-0.4, -0.2) is 52.4 Å². The van der Waals surface area contributed by atoms with Gasteiger partial charge in [0.05, 0.1) is 19.9 Å². The smallest absolute Gasteiger partial charge is 0.188 e. The summed E-state index contributed by atoms with van der Waals surface area (Å²) in [6.45, 7) is 0.781. The van der Waals surface area contributed by atoms with Gasteiger partial charge in [0, 0.05) is 44.9 Å². The fraction of sp³-hybridized carbons (Fsp3) is 0.478. The highest BCUT2D eigenvalue weighted by molar-refractivity contribution is 5.99. The number of rotatable bonds is 14. The molecule has 1 aromatic carbocycles. The number of ether oxygens (including phenoxy) is 1. The molecule has 4 N–H and O–H groups in total. The predicted molar refractivity (Wildman–Crippen MR) is 123 cm³/mol. The van der Waals surface area contributed by atoms with Crippen LogP contribution >= 0.6 is 0 Å². The molecule has 1 unspecified atom stereocenters. The van der Waals surface area contributed by atoms with Crippen molar-refractivity contribution in [3.8, 4) is 11.5 Å². The van der Waals surface area contributed by atoms with Crippen molar-refractivity contribution in [3.05, 3.63) is 42.5 Å². The maximum atomic E-state index is 12.3. The number of carbonyl (C=O) groups is 2. The lowest BCUT2D eigenvalue weighted by molar-refractivity contribution is -0.127. The minimum atomic E-state index is -0.0841. The van der Waals surface area contributed by atoms with E-state index in [2.05, 4.69) is 15.3 Å². The number of aromatic nitrogens is 2. The number of phenols is 1. The van der Waals surface area contributed by atoms with Crippen LogP contribution < -0.4 is 15.8 Å². The van der Waals surface area contributed by atoms with Gasteiger partial charge >= 0.3 is 0 Å². The molecule has 0 saturated heterocycles. The Bertz CT molecular complexity index is 896. The highest BCUT2D eigenvalue weighted by Crippen LogP contribution is 2.26. The number of hydrogen-bond donors (Lipinski definition) is 3. The van der Waals surface area contributed by atoms with Gasteiger partial charge in [0.1, 0.15) is 11.6 Å². The molecule has 0 amide bonds. The Labute approximate surface area is 188 Å². The quantitative estimate of drug-likeness (QED) is 0.232. The van der Waals surface area contributed by atoms with Crippen LogP contribution in [0.3, 0.4) is 0 Å². The highest BCUT2D eigenvalue weighted by atomic mass is 16.5. The van der Waals surface area contributed by atoms with Gasteiger partial charge < -0.3 is 25.5 Å². The van der Waals surface area contributed by atoms with Gasteiger partial charge in [-0.1, -0.05) is 6.07 Å². The fourth-order valence-corrected chi connectivity index (χ4v) is 3.39. The van der Waals surface area contributed by atoms with Crippen LogP contribution in [0, 0.1) is 0 Å². The number of guanidine groups is 1. The van der Waals surface area contributed by atoms with Crippen molar-refractivity contribution in [1.29, 1.82) is 0 Å². The van der Waals surface area contributed by atoms with Crippen LogP contribution in [0.4, 0.5) is 0 Å². The second-order valence-corrected chi connectivity index (χ2v) is 7.69. The van der Waals surface area contributed by atoms with Gasteiger partial charge in [0.25, 0.3) is 0 Å². The maximum Gasteiger partial charge on any atom is 0.188 e. The first-order valence-electron chi connectivity index (χ1n) is 10.7. The molecule has 0 fully saturated rings. The predicted octanol–water partition coefficient (Wildman–Crippen LogP) is 2.22. The molecule has 32 heavy (non-hydrogen) atoms. The van der Waals surface area contributed by atoms with Crippen molar-refractivity contribution in [2.24, 2.45) is 10.7 Å². The lowest BCUT2D eigenvalue weighted by Gasteiger charge is -2.19. The molecule has 0 bridgehead atoms. The first kappa shape index (κ1) is 24.9. The molecule has 0 aliphatic heterocycles. The standard InChI is InChI=1S/C23H33N5O4/c1-25-23(24)27-18(10-12-28-13-11-26-16-28)4-3-5-19(29)15-20(30)8-6-17-7-9-21(31)22(14-17)32-2/h7,9,11,13-14,16,18,31H,3-6,8,10,12,15H2,1-2H3,(H3,24,25,27). The molecule has 0 radical (unpaired) electrons. The van der Waals surface area contributed by atoms with Gasteiger partial charge in [0.15, 0.2) is 17.5 Å². The summed E-state index contributed by atoms with van der Waals surface area (Å²) in [5.74, 6) is 0.662. The molecule has 174 valence electrons. The topological polar surface area (TPSA) is 132 Å². The molecule has 9 heteroatoms. The molecule has 1 aromatic heterocycles. The number of aryl methyl sites for hydroxylation is 2. The second kappa shape index (κ2) is 13.1. The van der Waals surface area contributed by atoms with E-state index in [1.54, 1.807) is 31.7 Å². The van der Waals surface area contributed by atoms with Gasteiger partial charge in [-0.15, -0.1) is 0 Å². The zero-order valence-corrected chi connectivity index (χ0v) is 18.8. The average molecular weight is 444 g/mol. The van der Waals surface area contributed by atoms with Crippen LogP contribution in [0.5, 0.6) is 11.5 Å². The lowest BCUT2D eigenvalue weighted by Crippen LogP contribution is -2.40. The number of nitrogens with one attached hydrogen (secondary N) is 1. The van der Waals surface area contributed by atoms with Crippen LogP contribution in [0.25, 0.3) is 0 Å². The third-order valence-electron chi connectivity index (χ3n) is 5.23. The third-order valence-corrected chi connectivity index (χ3v) is 5.23. The van der Waals surface area contributed by atoms with Gasteiger partial charge in [-0.2, -0.15) is 0 Å². The van der Waals surface area contributed by atoms with E-state index in [-0.39, 0.29) is 36.2 Å². The number of carbonyl (C=O) groups excluding carboxylic acids is 2. The van der Waals surface area contributed by atoms with Gasteiger partial charge in [-0.05, 0) is 43.4 Å². The molecular weight excluding hydrogens is 410 g/mol. The maximum absolute atomic E-state index is 12.3. The molecule has 1 atom stereocenters. The third kappa shape index (κ3) is 8.79. The van der Waals surface area contributed by atoms with Crippen molar-refractivity contribution in [1.82, 2.24) is 14.9 Å². The van der Waals surface area contributed by atoms with Crippen molar-refractivity contribution in [2.75, 3.05) is 14.2 Å². The second-order valence-electron chi connectivity index (χ2n) is 7.69. The van der Waals surface area contributed by atoms with Crippen molar-refractivity contribution < 1.29 is 19.4 Å². The fourth-order valence-electron chi connectivity index (χ4n) is 3.39. The molecular formula is C23H33N5O4. The van der Waals surface area contributed by atoms with Crippen molar-refractivity contribution in [3.63, 3.8) is 0 Å². The van der Waals surface area contributed by atoms with Gasteiger partial charge in [0.2, 0.25) is 0 Å². The van der Waals surface area contributed by atoms with Crippen LogP contribution in [-0.2, 0) is 22.6 Å². The Balaban J connectivity index is 1.72. The number of benzene rings is 1. The number of nitrogens with zero attached hydrogens (tertiary/aromatic N) is 3. The molecule has 9 nitrogen and oxygen atoms in total. The minimum absolute atomic E-state index is 0.0521. The summed E-state index contributed by atoms with van der Waals surface area (Å²) in [7, 11) is 3.10. The Morgan fingerprint density at radius 3 is 2.75 bits per heavy atom.